The number of carbonyl (C=O) groups excluding carboxylic acids is 3. The van der Waals surface area contributed by atoms with E-state index in [-0.39, 0.29) is 36.6 Å². The maximum atomic E-state index is 13.7. The number of hydrogen-bond acceptors (Lipinski definition) is 4. The van der Waals surface area contributed by atoms with Crippen LogP contribution >= 0.6 is 0 Å². The van der Waals surface area contributed by atoms with Gasteiger partial charge in [-0.2, -0.15) is 0 Å². The van der Waals surface area contributed by atoms with E-state index >= 15 is 0 Å². The molecule has 4 rings (SSSR count). The fourth-order valence-corrected chi connectivity index (χ4v) is 5.03. The Morgan fingerprint density at radius 2 is 1.82 bits per heavy atom. The highest BCUT2D eigenvalue weighted by molar-refractivity contribution is 6.11. The lowest BCUT2D eigenvalue weighted by molar-refractivity contribution is -0.145. The first kappa shape index (κ1) is 19.1. The number of rotatable bonds is 4. The quantitative estimate of drug-likeness (QED) is 0.747. The normalized spacial score (nSPS) is 26.3. The van der Waals surface area contributed by atoms with Crippen molar-refractivity contribution in [3.05, 3.63) is 35.4 Å². The molecule has 6 heteroatoms. The van der Waals surface area contributed by atoms with Crippen molar-refractivity contribution < 1.29 is 19.1 Å². The summed E-state index contributed by atoms with van der Waals surface area (Å²) in [7, 11) is 0. The molecule has 1 atom stereocenters. The van der Waals surface area contributed by atoms with Crippen LogP contribution in [-0.2, 0) is 24.5 Å². The van der Waals surface area contributed by atoms with Gasteiger partial charge in [-0.3, -0.25) is 19.3 Å². The predicted octanol–water partition coefficient (Wildman–Crippen LogP) is 2.18. The van der Waals surface area contributed by atoms with Gasteiger partial charge in [0, 0.05) is 32.0 Å². The lowest BCUT2D eigenvalue weighted by Gasteiger charge is -2.33. The molecular weight excluding hydrogens is 356 g/mol. The number of nitrogens with zero attached hydrogens (tertiary/aromatic N) is 2. The van der Waals surface area contributed by atoms with Gasteiger partial charge < -0.3 is 9.64 Å². The molecule has 1 saturated carbocycles. The van der Waals surface area contributed by atoms with Crippen LogP contribution in [0, 0.1) is 6.92 Å². The fourth-order valence-electron chi connectivity index (χ4n) is 5.03. The van der Waals surface area contributed by atoms with E-state index in [4.69, 9.17) is 4.74 Å². The van der Waals surface area contributed by atoms with Gasteiger partial charge in [-0.1, -0.05) is 37.1 Å². The van der Waals surface area contributed by atoms with Gasteiger partial charge in [-0.25, -0.2) is 0 Å². The van der Waals surface area contributed by atoms with Gasteiger partial charge in [-0.05, 0) is 30.9 Å². The van der Waals surface area contributed by atoms with Crippen LogP contribution in [0.25, 0.3) is 0 Å². The monoisotopic (exact) mass is 384 g/mol. The first-order valence-electron chi connectivity index (χ1n) is 10.3. The molecule has 3 amide bonds. The molecule has 0 radical (unpaired) electrons. The first-order valence-corrected chi connectivity index (χ1v) is 10.3. The lowest BCUT2D eigenvalue weighted by atomic mass is 9.73. The average Bonchev–Trinajstić information content (AvgIpc) is 3.30. The minimum absolute atomic E-state index is 0.00983. The van der Waals surface area contributed by atoms with Gasteiger partial charge in [0.25, 0.3) is 0 Å². The number of imide groups is 1. The van der Waals surface area contributed by atoms with Gasteiger partial charge in [-0.15, -0.1) is 0 Å². The topological polar surface area (TPSA) is 66.9 Å². The van der Waals surface area contributed by atoms with E-state index in [0.717, 1.165) is 36.8 Å². The minimum Gasteiger partial charge on any atom is -0.378 e. The molecule has 1 aliphatic carbocycles. The molecule has 2 heterocycles. The molecule has 0 N–H and O–H groups in total. The van der Waals surface area contributed by atoms with Crippen LogP contribution in [0.2, 0.25) is 0 Å². The molecule has 28 heavy (non-hydrogen) atoms. The Hall–Kier alpha value is -2.21. The molecule has 0 unspecified atom stereocenters. The Labute approximate surface area is 165 Å². The zero-order valence-corrected chi connectivity index (χ0v) is 16.5. The highest BCUT2D eigenvalue weighted by Crippen LogP contribution is 2.44. The van der Waals surface area contributed by atoms with Crippen LogP contribution in [0.1, 0.15) is 49.7 Å². The smallest absolute Gasteiger partial charge is 0.241 e. The number of morpholine rings is 1. The summed E-state index contributed by atoms with van der Waals surface area (Å²) >= 11 is 0. The molecule has 1 aromatic rings. The van der Waals surface area contributed by atoms with E-state index in [1.54, 1.807) is 4.90 Å². The highest BCUT2D eigenvalue weighted by Gasteiger charge is 2.56. The van der Waals surface area contributed by atoms with Crippen LogP contribution < -0.4 is 0 Å². The molecule has 2 saturated heterocycles. The Kier molecular flexibility index (Phi) is 5.23. The van der Waals surface area contributed by atoms with Crippen molar-refractivity contribution >= 4 is 17.7 Å². The van der Waals surface area contributed by atoms with Crippen LogP contribution in [0.5, 0.6) is 0 Å². The minimum atomic E-state index is -1.08. The maximum absolute atomic E-state index is 13.7. The molecule has 1 aromatic carbocycles. The molecule has 6 nitrogen and oxygen atoms in total. The fraction of sp³-hybridized carbons (Fsp3) is 0.591. The summed E-state index contributed by atoms with van der Waals surface area (Å²) in [5.41, 5.74) is 0.683. The van der Waals surface area contributed by atoms with Crippen molar-refractivity contribution in [2.75, 3.05) is 26.3 Å². The summed E-state index contributed by atoms with van der Waals surface area (Å²) in [4.78, 5) is 43.1. The van der Waals surface area contributed by atoms with Crippen molar-refractivity contribution in [2.24, 2.45) is 0 Å². The van der Waals surface area contributed by atoms with E-state index in [1.807, 2.05) is 31.2 Å². The van der Waals surface area contributed by atoms with Gasteiger partial charge >= 0.3 is 0 Å². The van der Waals surface area contributed by atoms with Crippen LogP contribution in [-0.4, -0.2) is 59.9 Å². The van der Waals surface area contributed by atoms with E-state index in [0.29, 0.717) is 26.3 Å². The maximum Gasteiger partial charge on any atom is 0.241 e. The second-order valence-corrected chi connectivity index (χ2v) is 8.25. The van der Waals surface area contributed by atoms with Crippen molar-refractivity contribution in [3.8, 4) is 0 Å². The summed E-state index contributed by atoms with van der Waals surface area (Å²) < 4.78 is 5.35. The summed E-state index contributed by atoms with van der Waals surface area (Å²) in [6.45, 7) is 4.06. The lowest BCUT2D eigenvalue weighted by Crippen LogP contribution is -2.48. The summed E-state index contributed by atoms with van der Waals surface area (Å²) in [5, 5.41) is 0. The molecule has 150 valence electrons. The molecule has 3 fully saturated rings. The highest BCUT2D eigenvalue weighted by atomic mass is 16.5. The van der Waals surface area contributed by atoms with E-state index in [2.05, 4.69) is 0 Å². The number of amides is 3. The largest absolute Gasteiger partial charge is 0.378 e. The molecule has 0 spiro atoms. The average molecular weight is 384 g/mol. The number of benzene rings is 1. The van der Waals surface area contributed by atoms with Crippen molar-refractivity contribution in [2.45, 2.75) is 56.9 Å². The van der Waals surface area contributed by atoms with E-state index in [9.17, 15) is 14.4 Å². The number of aryl methyl sites for hydroxylation is 1. The van der Waals surface area contributed by atoms with Crippen LogP contribution in [0.3, 0.4) is 0 Å². The number of ether oxygens (including phenoxy) is 1. The van der Waals surface area contributed by atoms with E-state index in [1.165, 1.54) is 4.90 Å². The third-order valence-electron chi connectivity index (χ3n) is 6.52. The van der Waals surface area contributed by atoms with Crippen molar-refractivity contribution in [1.82, 2.24) is 9.80 Å². The second kappa shape index (κ2) is 7.66. The number of carbonyl (C=O) groups is 3. The van der Waals surface area contributed by atoms with Gasteiger partial charge in [0.05, 0.1) is 18.6 Å². The number of likely N-dealkylation sites (tertiary alicyclic amines) is 1. The third-order valence-corrected chi connectivity index (χ3v) is 6.52. The standard InChI is InChI=1S/C22H28N2O4/c1-16-6-2-5-9-18(16)22(14-19(25)23-10-12-28-13-11-23)15-20(26)24(21(22)27)17-7-3-4-8-17/h2,5-6,9,17H,3-4,7-8,10-15H2,1H3/t22-/m0/s1. The second-order valence-electron chi connectivity index (χ2n) is 8.25. The van der Waals surface area contributed by atoms with Crippen molar-refractivity contribution in [3.63, 3.8) is 0 Å². The number of hydrogen-bond donors (Lipinski definition) is 0. The summed E-state index contributed by atoms with van der Waals surface area (Å²) in [6.07, 6.45) is 3.98. The van der Waals surface area contributed by atoms with Crippen LogP contribution in [0.4, 0.5) is 0 Å². The third kappa shape index (κ3) is 3.24. The molecular formula is C22H28N2O4. The Bertz CT molecular complexity index is 780. The molecule has 0 aromatic heterocycles. The Balaban J connectivity index is 1.70. The zero-order chi connectivity index (χ0) is 19.7. The summed E-state index contributed by atoms with van der Waals surface area (Å²) in [5.74, 6) is -0.379. The van der Waals surface area contributed by atoms with Gasteiger partial charge in [0.1, 0.15) is 0 Å². The van der Waals surface area contributed by atoms with Gasteiger partial charge in [0.15, 0.2) is 0 Å². The zero-order valence-electron chi connectivity index (χ0n) is 16.5. The molecule has 2 aliphatic heterocycles. The van der Waals surface area contributed by atoms with E-state index < -0.39 is 5.41 Å². The predicted molar refractivity (Wildman–Crippen MR) is 104 cm³/mol. The Morgan fingerprint density at radius 1 is 1.14 bits per heavy atom. The Morgan fingerprint density at radius 3 is 2.50 bits per heavy atom. The molecule has 0 bridgehead atoms. The van der Waals surface area contributed by atoms with Crippen molar-refractivity contribution in [1.29, 1.82) is 0 Å². The first-order chi connectivity index (χ1) is 13.5. The molecule has 3 aliphatic rings. The van der Waals surface area contributed by atoms with Gasteiger partial charge in [0.2, 0.25) is 17.7 Å². The summed E-state index contributed by atoms with van der Waals surface area (Å²) in [6, 6.07) is 7.66. The van der Waals surface area contributed by atoms with Crippen LogP contribution in [0.15, 0.2) is 24.3 Å². The SMILES string of the molecule is Cc1ccccc1[C@]1(CC(=O)N2CCOCC2)CC(=O)N(C2CCCC2)C1=O.